The van der Waals surface area contributed by atoms with Crippen LogP contribution in [-0.2, 0) is 11.3 Å². The Morgan fingerprint density at radius 3 is 2.38 bits per heavy atom. The van der Waals surface area contributed by atoms with E-state index >= 15 is 0 Å². The zero-order valence-electron chi connectivity index (χ0n) is 10.2. The molecule has 0 radical (unpaired) electrons. The highest BCUT2D eigenvalue weighted by atomic mass is 127. The molecule has 90 valence electrons. The molecule has 16 heavy (non-hydrogen) atoms. The fourth-order valence-electron chi connectivity index (χ4n) is 1.52. The van der Waals surface area contributed by atoms with Crippen molar-refractivity contribution in [3.8, 4) is 0 Å². The van der Waals surface area contributed by atoms with Gasteiger partial charge in [-0.1, -0.05) is 26.0 Å². The molecule has 0 saturated carbocycles. The maximum Gasteiger partial charge on any atom is 0.0618 e. The standard InChI is InChI=1S/C13H20INO/c1-10(2)13(9-16-3)15-8-11-4-6-12(14)7-5-11/h4-7,10,13,15H,8-9H2,1-3H3. The van der Waals surface area contributed by atoms with Gasteiger partial charge in [0, 0.05) is 23.3 Å². The number of hydrogen-bond donors (Lipinski definition) is 1. The fourth-order valence-corrected chi connectivity index (χ4v) is 1.88. The first-order valence-electron chi connectivity index (χ1n) is 5.60. The van der Waals surface area contributed by atoms with Gasteiger partial charge in [0.2, 0.25) is 0 Å². The molecular formula is C13H20INO. The van der Waals surface area contributed by atoms with Gasteiger partial charge in [0.25, 0.3) is 0 Å². The van der Waals surface area contributed by atoms with Crippen molar-refractivity contribution in [1.29, 1.82) is 0 Å². The molecule has 0 bridgehead atoms. The van der Waals surface area contributed by atoms with E-state index in [1.54, 1.807) is 7.11 Å². The molecule has 0 amide bonds. The van der Waals surface area contributed by atoms with Gasteiger partial charge >= 0.3 is 0 Å². The van der Waals surface area contributed by atoms with Crippen LogP contribution in [0.2, 0.25) is 0 Å². The molecule has 0 saturated heterocycles. The minimum Gasteiger partial charge on any atom is -0.383 e. The molecule has 1 atom stereocenters. The second-order valence-corrected chi connectivity index (χ2v) is 5.56. The van der Waals surface area contributed by atoms with Gasteiger partial charge in [-0.3, -0.25) is 0 Å². The average Bonchev–Trinajstić information content (AvgIpc) is 2.26. The zero-order chi connectivity index (χ0) is 12.0. The van der Waals surface area contributed by atoms with Crippen LogP contribution in [0.4, 0.5) is 0 Å². The predicted octanol–water partition coefficient (Wildman–Crippen LogP) is 3.05. The number of halogens is 1. The molecule has 0 aliphatic heterocycles. The summed E-state index contributed by atoms with van der Waals surface area (Å²) in [4.78, 5) is 0. The van der Waals surface area contributed by atoms with E-state index in [1.165, 1.54) is 9.13 Å². The van der Waals surface area contributed by atoms with Crippen LogP contribution in [-0.4, -0.2) is 19.8 Å². The summed E-state index contributed by atoms with van der Waals surface area (Å²) in [5.41, 5.74) is 1.32. The molecule has 1 N–H and O–H groups in total. The van der Waals surface area contributed by atoms with Gasteiger partial charge in [0.1, 0.15) is 0 Å². The highest BCUT2D eigenvalue weighted by Crippen LogP contribution is 2.08. The smallest absolute Gasteiger partial charge is 0.0618 e. The third kappa shape index (κ3) is 4.80. The number of hydrogen-bond acceptors (Lipinski definition) is 2. The third-order valence-corrected chi connectivity index (χ3v) is 3.35. The van der Waals surface area contributed by atoms with Crippen LogP contribution in [0.5, 0.6) is 0 Å². The van der Waals surface area contributed by atoms with Crippen LogP contribution in [0.3, 0.4) is 0 Å². The van der Waals surface area contributed by atoms with Crippen LogP contribution >= 0.6 is 22.6 Å². The van der Waals surface area contributed by atoms with Crippen molar-refractivity contribution in [2.24, 2.45) is 5.92 Å². The minimum atomic E-state index is 0.421. The first kappa shape index (κ1) is 13.9. The van der Waals surface area contributed by atoms with E-state index in [2.05, 4.69) is 66.0 Å². The van der Waals surface area contributed by atoms with E-state index in [-0.39, 0.29) is 0 Å². The highest BCUT2D eigenvalue weighted by Gasteiger charge is 2.11. The summed E-state index contributed by atoms with van der Waals surface area (Å²) in [7, 11) is 1.75. The monoisotopic (exact) mass is 333 g/mol. The van der Waals surface area contributed by atoms with E-state index < -0.39 is 0 Å². The molecule has 1 unspecified atom stereocenters. The van der Waals surface area contributed by atoms with Crippen molar-refractivity contribution in [2.75, 3.05) is 13.7 Å². The Kier molecular flexibility index (Phi) is 6.31. The van der Waals surface area contributed by atoms with E-state index in [0.29, 0.717) is 12.0 Å². The maximum atomic E-state index is 5.21. The van der Waals surface area contributed by atoms with Gasteiger partial charge in [-0.25, -0.2) is 0 Å². The maximum absolute atomic E-state index is 5.21. The molecule has 0 heterocycles. The number of nitrogens with one attached hydrogen (secondary N) is 1. The van der Waals surface area contributed by atoms with Gasteiger partial charge in [-0.05, 0) is 46.2 Å². The lowest BCUT2D eigenvalue weighted by Crippen LogP contribution is -2.37. The largest absolute Gasteiger partial charge is 0.383 e. The second-order valence-electron chi connectivity index (χ2n) is 4.31. The first-order valence-corrected chi connectivity index (χ1v) is 6.68. The Bertz CT molecular complexity index is 297. The molecule has 1 rings (SSSR count). The second kappa shape index (κ2) is 7.25. The number of ether oxygens (including phenoxy) is 1. The molecule has 3 heteroatoms. The normalized spacial score (nSPS) is 13.1. The van der Waals surface area contributed by atoms with Gasteiger partial charge in [0.05, 0.1) is 6.61 Å². The first-order chi connectivity index (χ1) is 7.63. The summed E-state index contributed by atoms with van der Waals surface area (Å²) < 4.78 is 6.49. The summed E-state index contributed by atoms with van der Waals surface area (Å²) >= 11 is 2.32. The lowest BCUT2D eigenvalue weighted by atomic mass is 10.1. The molecule has 2 nitrogen and oxygen atoms in total. The van der Waals surface area contributed by atoms with Gasteiger partial charge < -0.3 is 10.1 Å². The summed E-state index contributed by atoms with van der Waals surface area (Å²) in [6.45, 7) is 6.10. The Morgan fingerprint density at radius 1 is 1.25 bits per heavy atom. The zero-order valence-corrected chi connectivity index (χ0v) is 12.3. The van der Waals surface area contributed by atoms with E-state index in [1.807, 2.05) is 0 Å². The molecule has 0 spiro atoms. The van der Waals surface area contributed by atoms with E-state index in [4.69, 9.17) is 4.74 Å². The number of benzene rings is 1. The van der Waals surface area contributed by atoms with Crippen molar-refractivity contribution in [2.45, 2.75) is 26.4 Å². The van der Waals surface area contributed by atoms with Crippen molar-refractivity contribution >= 4 is 22.6 Å². The SMILES string of the molecule is COCC(NCc1ccc(I)cc1)C(C)C. The lowest BCUT2D eigenvalue weighted by molar-refractivity contribution is 0.146. The van der Waals surface area contributed by atoms with Gasteiger partial charge in [0.15, 0.2) is 0 Å². The summed E-state index contributed by atoms with van der Waals surface area (Å²) in [5, 5.41) is 3.53. The summed E-state index contributed by atoms with van der Waals surface area (Å²) in [6.07, 6.45) is 0. The molecule has 0 aliphatic carbocycles. The molecule has 0 fully saturated rings. The highest BCUT2D eigenvalue weighted by molar-refractivity contribution is 14.1. The summed E-state index contributed by atoms with van der Waals surface area (Å²) in [6, 6.07) is 9.03. The van der Waals surface area contributed by atoms with Crippen LogP contribution in [0.1, 0.15) is 19.4 Å². The predicted molar refractivity (Wildman–Crippen MR) is 76.5 cm³/mol. The number of methoxy groups -OCH3 is 1. The van der Waals surface area contributed by atoms with Crippen molar-refractivity contribution < 1.29 is 4.74 Å². The number of rotatable bonds is 6. The van der Waals surface area contributed by atoms with Gasteiger partial charge in [-0.15, -0.1) is 0 Å². The average molecular weight is 333 g/mol. The molecule has 0 aromatic heterocycles. The van der Waals surface area contributed by atoms with E-state index in [9.17, 15) is 0 Å². The Labute approximate surface area is 112 Å². The van der Waals surface area contributed by atoms with Crippen LogP contribution in [0, 0.1) is 9.49 Å². The Hall–Kier alpha value is -0.130. The Morgan fingerprint density at radius 2 is 1.88 bits per heavy atom. The minimum absolute atomic E-state index is 0.421. The van der Waals surface area contributed by atoms with Crippen molar-refractivity contribution in [3.63, 3.8) is 0 Å². The molecule has 1 aromatic carbocycles. The lowest BCUT2D eigenvalue weighted by Gasteiger charge is -2.21. The Balaban J connectivity index is 2.45. The van der Waals surface area contributed by atoms with Crippen LogP contribution < -0.4 is 5.32 Å². The molecule has 0 aliphatic rings. The molecular weight excluding hydrogens is 313 g/mol. The quantitative estimate of drug-likeness (QED) is 0.808. The fraction of sp³-hybridized carbons (Fsp3) is 0.538. The van der Waals surface area contributed by atoms with Crippen LogP contribution in [0.15, 0.2) is 24.3 Å². The van der Waals surface area contributed by atoms with Gasteiger partial charge in [-0.2, -0.15) is 0 Å². The summed E-state index contributed by atoms with van der Waals surface area (Å²) in [5.74, 6) is 0.587. The van der Waals surface area contributed by atoms with Crippen molar-refractivity contribution in [3.05, 3.63) is 33.4 Å². The topological polar surface area (TPSA) is 21.3 Å². The van der Waals surface area contributed by atoms with E-state index in [0.717, 1.165) is 13.2 Å². The molecule has 1 aromatic rings. The van der Waals surface area contributed by atoms with Crippen molar-refractivity contribution in [1.82, 2.24) is 5.32 Å². The van der Waals surface area contributed by atoms with Crippen LogP contribution in [0.25, 0.3) is 0 Å². The third-order valence-electron chi connectivity index (χ3n) is 2.63.